The Hall–Kier alpha value is -0.0400. The third-order valence-electron chi connectivity index (χ3n) is 1.49. The Bertz CT molecular complexity index is 86.4. The number of rotatable bonds is 2. The second-order valence-corrected chi connectivity index (χ2v) is 2.79. The highest BCUT2D eigenvalue weighted by atomic mass is 16.6. The van der Waals surface area contributed by atoms with Crippen molar-refractivity contribution < 1.29 is 4.74 Å². The van der Waals surface area contributed by atoms with Crippen molar-refractivity contribution in [2.75, 3.05) is 0 Å². The van der Waals surface area contributed by atoms with Crippen LogP contribution in [0.4, 0.5) is 0 Å². The molecule has 0 unspecified atom stereocenters. The Morgan fingerprint density at radius 2 is 2.00 bits per heavy atom. The van der Waals surface area contributed by atoms with Crippen molar-refractivity contribution in [2.24, 2.45) is 0 Å². The van der Waals surface area contributed by atoms with Gasteiger partial charge in [-0.1, -0.05) is 13.3 Å². The van der Waals surface area contributed by atoms with Crippen molar-refractivity contribution in [3.63, 3.8) is 0 Å². The van der Waals surface area contributed by atoms with E-state index in [-0.39, 0.29) is 5.60 Å². The minimum absolute atomic E-state index is 0.135. The van der Waals surface area contributed by atoms with Crippen LogP contribution in [-0.4, -0.2) is 5.60 Å². The van der Waals surface area contributed by atoms with E-state index in [1.807, 2.05) is 0 Å². The second-order valence-electron chi connectivity index (χ2n) is 2.79. The van der Waals surface area contributed by atoms with E-state index in [2.05, 4.69) is 20.8 Å². The van der Waals surface area contributed by atoms with E-state index in [4.69, 9.17) is 4.74 Å². The lowest BCUT2D eigenvalue weighted by Gasteiger charge is -1.89. The van der Waals surface area contributed by atoms with Crippen molar-refractivity contribution in [3.8, 4) is 0 Å². The molecule has 0 aliphatic carbocycles. The predicted molar refractivity (Wildman–Crippen MR) is 33.3 cm³/mol. The van der Waals surface area contributed by atoms with Gasteiger partial charge in [0.05, 0.1) is 5.60 Å². The van der Waals surface area contributed by atoms with Gasteiger partial charge in [-0.15, -0.1) is 0 Å². The van der Waals surface area contributed by atoms with Gasteiger partial charge in [-0.25, -0.2) is 0 Å². The van der Waals surface area contributed by atoms with Crippen LogP contribution in [0.5, 0.6) is 0 Å². The summed E-state index contributed by atoms with van der Waals surface area (Å²) in [6.07, 6.45) is 3.63. The molecule has 0 atom stereocenters. The van der Waals surface area contributed by atoms with Gasteiger partial charge in [0.2, 0.25) is 0 Å². The molecule has 0 aromatic heterocycles. The molecule has 0 N–H and O–H groups in total. The average Bonchev–Trinajstić information content (AvgIpc) is 2.15. The fourth-order valence-electron chi connectivity index (χ4n) is 0.862. The van der Waals surface area contributed by atoms with Crippen LogP contribution in [0.15, 0.2) is 0 Å². The van der Waals surface area contributed by atoms with Crippen LogP contribution in [0.3, 0.4) is 0 Å². The van der Waals surface area contributed by atoms with E-state index in [0.29, 0.717) is 0 Å². The van der Waals surface area contributed by atoms with Crippen LogP contribution >= 0.6 is 0 Å². The summed E-state index contributed by atoms with van der Waals surface area (Å²) in [5, 5.41) is 0. The standard InChI is InChI=1S/C7H13O/c1-4-5-6-7(2,3)8-6/h4-5H2,1-3H3. The molecule has 1 aliphatic rings. The van der Waals surface area contributed by atoms with Gasteiger partial charge in [0.25, 0.3) is 0 Å². The highest BCUT2D eigenvalue weighted by molar-refractivity contribution is 5.11. The predicted octanol–water partition coefficient (Wildman–Crippen LogP) is 2.13. The molecule has 0 aromatic carbocycles. The molecule has 0 bridgehead atoms. The first-order chi connectivity index (χ1) is 3.67. The van der Waals surface area contributed by atoms with Crippen LogP contribution in [-0.2, 0) is 4.74 Å². The molecular formula is C7H13O. The summed E-state index contributed by atoms with van der Waals surface area (Å²) >= 11 is 0. The zero-order valence-corrected chi connectivity index (χ0v) is 5.82. The molecule has 8 heavy (non-hydrogen) atoms. The Balaban J connectivity index is 2.17. The van der Waals surface area contributed by atoms with Crippen LogP contribution < -0.4 is 0 Å². The molecule has 1 rings (SSSR count). The Morgan fingerprint density at radius 3 is 2.12 bits per heavy atom. The molecule has 0 amide bonds. The Morgan fingerprint density at radius 1 is 1.50 bits per heavy atom. The zero-order valence-electron chi connectivity index (χ0n) is 5.82. The first-order valence-corrected chi connectivity index (χ1v) is 3.22. The maximum Gasteiger partial charge on any atom is 0.129 e. The van der Waals surface area contributed by atoms with Crippen LogP contribution in [0.2, 0.25) is 0 Å². The first-order valence-electron chi connectivity index (χ1n) is 3.22. The fraction of sp³-hybridized carbons (Fsp3) is 0.857. The summed E-state index contributed by atoms with van der Waals surface area (Å²) in [6.45, 7) is 6.39. The molecule has 1 fully saturated rings. The van der Waals surface area contributed by atoms with E-state index in [1.165, 1.54) is 12.5 Å². The molecule has 1 saturated heterocycles. The topological polar surface area (TPSA) is 12.5 Å². The zero-order chi connectivity index (χ0) is 6.20. The smallest absolute Gasteiger partial charge is 0.129 e. The van der Waals surface area contributed by atoms with Crippen molar-refractivity contribution in [1.29, 1.82) is 0 Å². The Labute approximate surface area is 51.0 Å². The van der Waals surface area contributed by atoms with Crippen molar-refractivity contribution >= 4 is 0 Å². The van der Waals surface area contributed by atoms with E-state index >= 15 is 0 Å². The fourth-order valence-corrected chi connectivity index (χ4v) is 0.862. The maximum absolute atomic E-state index is 5.26. The first kappa shape index (κ1) is 6.09. The van der Waals surface area contributed by atoms with Gasteiger partial charge in [0.15, 0.2) is 0 Å². The lowest BCUT2D eigenvalue weighted by molar-refractivity contribution is 0.340. The minimum atomic E-state index is 0.135. The third kappa shape index (κ3) is 1.03. The Kier molecular flexibility index (Phi) is 1.31. The molecule has 1 nitrogen and oxygen atoms in total. The summed E-state index contributed by atoms with van der Waals surface area (Å²) in [6, 6.07) is 0. The summed E-state index contributed by atoms with van der Waals surface area (Å²) in [7, 11) is 0. The largest absolute Gasteiger partial charge is 0.360 e. The van der Waals surface area contributed by atoms with Crippen molar-refractivity contribution in [2.45, 2.75) is 39.2 Å². The molecular weight excluding hydrogens is 100 g/mol. The molecule has 0 aromatic rings. The molecule has 1 radical (unpaired) electrons. The molecule has 47 valence electrons. The van der Waals surface area contributed by atoms with Gasteiger partial charge in [0.1, 0.15) is 6.10 Å². The van der Waals surface area contributed by atoms with Crippen LogP contribution in [0, 0.1) is 6.10 Å². The van der Waals surface area contributed by atoms with Crippen molar-refractivity contribution in [3.05, 3.63) is 6.10 Å². The monoisotopic (exact) mass is 113 g/mol. The van der Waals surface area contributed by atoms with Crippen molar-refractivity contribution in [1.82, 2.24) is 0 Å². The molecule has 1 heterocycles. The van der Waals surface area contributed by atoms with E-state index in [0.717, 1.165) is 6.42 Å². The molecule has 1 heteroatoms. The molecule has 0 spiro atoms. The van der Waals surface area contributed by atoms with E-state index < -0.39 is 0 Å². The summed E-state index contributed by atoms with van der Waals surface area (Å²) in [5.41, 5.74) is 0.135. The molecule has 0 saturated carbocycles. The maximum atomic E-state index is 5.26. The van der Waals surface area contributed by atoms with Gasteiger partial charge in [-0.3, -0.25) is 0 Å². The normalized spacial score (nSPS) is 25.9. The lowest BCUT2D eigenvalue weighted by Crippen LogP contribution is -1.95. The average molecular weight is 113 g/mol. The quantitative estimate of drug-likeness (QED) is 0.500. The van der Waals surface area contributed by atoms with Gasteiger partial charge in [-0.05, 0) is 20.3 Å². The number of ether oxygens (including phenoxy) is 1. The summed E-state index contributed by atoms with van der Waals surface area (Å²) in [4.78, 5) is 0. The van der Waals surface area contributed by atoms with E-state index in [1.54, 1.807) is 0 Å². The number of hydrogen-bond donors (Lipinski definition) is 0. The van der Waals surface area contributed by atoms with Gasteiger partial charge >= 0.3 is 0 Å². The van der Waals surface area contributed by atoms with Gasteiger partial charge in [0, 0.05) is 0 Å². The summed E-state index contributed by atoms with van der Waals surface area (Å²) in [5.74, 6) is 0. The second kappa shape index (κ2) is 1.73. The van der Waals surface area contributed by atoms with Gasteiger partial charge < -0.3 is 4.74 Å². The number of hydrogen-bond acceptors (Lipinski definition) is 1. The van der Waals surface area contributed by atoms with Crippen LogP contribution in [0.25, 0.3) is 0 Å². The minimum Gasteiger partial charge on any atom is -0.360 e. The number of epoxide rings is 1. The lowest BCUT2D eigenvalue weighted by atomic mass is 10.1. The molecule has 1 aliphatic heterocycles. The van der Waals surface area contributed by atoms with Gasteiger partial charge in [-0.2, -0.15) is 0 Å². The highest BCUT2D eigenvalue weighted by Crippen LogP contribution is 2.45. The van der Waals surface area contributed by atoms with Crippen LogP contribution in [0.1, 0.15) is 33.6 Å². The summed E-state index contributed by atoms with van der Waals surface area (Å²) < 4.78 is 5.26. The SMILES string of the molecule is CCC[C]1OC1(C)C. The highest BCUT2D eigenvalue weighted by Gasteiger charge is 2.47. The third-order valence-corrected chi connectivity index (χ3v) is 1.49. The van der Waals surface area contributed by atoms with E-state index in [9.17, 15) is 0 Å².